The number of benzene rings is 1. The van der Waals surface area contributed by atoms with Gasteiger partial charge in [0.2, 0.25) is 10.0 Å². The standard InChI is InChI=1S/C14H17F3N2O2S/c15-14(16,17)12-5-1-2-6-13(12)22(20,21)19-9-8-18-7-3-4-11(18)10-19/h1-2,5-6,11H,3-4,7-10H2/t11-/m1/s1. The van der Waals surface area contributed by atoms with Crippen molar-refractivity contribution in [2.45, 2.75) is 30.0 Å². The number of nitrogens with zero attached hydrogens (tertiary/aromatic N) is 2. The minimum absolute atomic E-state index is 0.126. The van der Waals surface area contributed by atoms with Gasteiger partial charge in [-0.25, -0.2) is 8.42 Å². The van der Waals surface area contributed by atoms with Crippen LogP contribution < -0.4 is 0 Å². The van der Waals surface area contributed by atoms with Gasteiger partial charge in [0.25, 0.3) is 0 Å². The van der Waals surface area contributed by atoms with Crippen molar-refractivity contribution < 1.29 is 21.6 Å². The summed E-state index contributed by atoms with van der Waals surface area (Å²) in [6.07, 6.45) is -2.77. The highest BCUT2D eigenvalue weighted by Crippen LogP contribution is 2.36. The summed E-state index contributed by atoms with van der Waals surface area (Å²) < 4.78 is 65.7. The maximum atomic E-state index is 13.1. The molecule has 0 unspecified atom stereocenters. The lowest BCUT2D eigenvalue weighted by Gasteiger charge is -2.36. The van der Waals surface area contributed by atoms with Crippen LogP contribution in [0.4, 0.5) is 13.2 Å². The van der Waals surface area contributed by atoms with E-state index in [0.717, 1.165) is 31.5 Å². The Labute approximate surface area is 127 Å². The van der Waals surface area contributed by atoms with Gasteiger partial charge in [-0.1, -0.05) is 12.1 Å². The second kappa shape index (κ2) is 5.50. The summed E-state index contributed by atoms with van der Waals surface area (Å²) in [6, 6.07) is 4.52. The summed E-state index contributed by atoms with van der Waals surface area (Å²) in [7, 11) is -4.13. The van der Waals surface area contributed by atoms with E-state index in [0.29, 0.717) is 6.54 Å². The highest BCUT2D eigenvalue weighted by Gasteiger charge is 2.41. The molecule has 1 atom stereocenters. The van der Waals surface area contributed by atoms with Crippen molar-refractivity contribution in [3.05, 3.63) is 29.8 Å². The van der Waals surface area contributed by atoms with Crippen molar-refractivity contribution in [1.29, 1.82) is 0 Å². The first-order chi connectivity index (χ1) is 10.3. The van der Waals surface area contributed by atoms with Gasteiger partial charge in [-0.2, -0.15) is 17.5 Å². The molecule has 122 valence electrons. The summed E-state index contributed by atoms with van der Waals surface area (Å²) in [5, 5.41) is 0. The average molecular weight is 334 g/mol. The van der Waals surface area contributed by atoms with Crippen molar-refractivity contribution >= 4 is 10.0 Å². The molecule has 22 heavy (non-hydrogen) atoms. The van der Waals surface area contributed by atoms with E-state index in [1.165, 1.54) is 16.4 Å². The van der Waals surface area contributed by atoms with E-state index in [2.05, 4.69) is 4.90 Å². The van der Waals surface area contributed by atoms with Crippen LogP contribution in [0, 0.1) is 0 Å². The van der Waals surface area contributed by atoms with E-state index in [1.54, 1.807) is 0 Å². The molecule has 0 spiro atoms. The smallest absolute Gasteiger partial charge is 0.298 e. The molecule has 2 saturated heterocycles. The average Bonchev–Trinajstić information content (AvgIpc) is 2.93. The van der Waals surface area contributed by atoms with Crippen molar-refractivity contribution in [2.24, 2.45) is 0 Å². The largest absolute Gasteiger partial charge is 0.417 e. The lowest BCUT2D eigenvalue weighted by molar-refractivity contribution is -0.139. The third-order valence-corrected chi connectivity index (χ3v) is 6.28. The minimum atomic E-state index is -4.68. The fourth-order valence-corrected chi connectivity index (χ4v) is 4.93. The van der Waals surface area contributed by atoms with Gasteiger partial charge < -0.3 is 0 Å². The predicted octanol–water partition coefficient (Wildman–Crippen LogP) is 2.17. The first-order valence-electron chi connectivity index (χ1n) is 7.20. The van der Waals surface area contributed by atoms with Crippen LogP contribution in [-0.4, -0.2) is 49.8 Å². The van der Waals surface area contributed by atoms with Crippen LogP contribution in [0.15, 0.2) is 29.2 Å². The van der Waals surface area contributed by atoms with Gasteiger partial charge in [-0.15, -0.1) is 0 Å². The van der Waals surface area contributed by atoms with Gasteiger partial charge in [-0.3, -0.25) is 4.90 Å². The summed E-state index contributed by atoms with van der Waals surface area (Å²) in [5.41, 5.74) is -1.09. The number of alkyl halides is 3. The first-order valence-corrected chi connectivity index (χ1v) is 8.64. The van der Waals surface area contributed by atoms with Gasteiger partial charge in [0.1, 0.15) is 0 Å². The minimum Gasteiger partial charge on any atom is -0.298 e. The van der Waals surface area contributed by atoms with Crippen LogP contribution in [0.3, 0.4) is 0 Å². The van der Waals surface area contributed by atoms with Crippen LogP contribution in [0.5, 0.6) is 0 Å². The fourth-order valence-electron chi connectivity index (χ4n) is 3.25. The van der Waals surface area contributed by atoms with E-state index in [9.17, 15) is 21.6 Å². The third-order valence-electron chi connectivity index (χ3n) is 4.36. The zero-order valence-corrected chi connectivity index (χ0v) is 12.7. The number of hydrogen-bond donors (Lipinski definition) is 0. The number of rotatable bonds is 2. The van der Waals surface area contributed by atoms with Gasteiger partial charge in [0.05, 0.1) is 10.5 Å². The van der Waals surface area contributed by atoms with Gasteiger partial charge in [-0.05, 0) is 31.5 Å². The summed E-state index contributed by atoms with van der Waals surface area (Å²) in [6.45, 7) is 2.04. The van der Waals surface area contributed by atoms with Crippen molar-refractivity contribution in [3.63, 3.8) is 0 Å². The van der Waals surface area contributed by atoms with Crippen LogP contribution >= 0.6 is 0 Å². The lowest BCUT2D eigenvalue weighted by atomic mass is 10.2. The van der Waals surface area contributed by atoms with Crippen molar-refractivity contribution in [2.75, 3.05) is 26.2 Å². The van der Waals surface area contributed by atoms with E-state index in [1.807, 2.05) is 0 Å². The maximum Gasteiger partial charge on any atom is 0.417 e. The summed E-state index contributed by atoms with van der Waals surface area (Å²) in [5.74, 6) is 0. The van der Waals surface area contributed by atoms with Crippen LogP contribution in [0.25, 0.3) is 0 Å². The van der Waals surface area contributed by atoms with Crippen LogP contribution in [0.1, 0.15) is 18.4 Å². The highest BCUT2D eigenvalue weighted by atomic mass is 32.2. The normalized spacial score (nSPS) is 24.4. The third kappa shape index (κ3) is 2.75. The predicted molar refractivity (Wildman–Crippen MR) is 74.8 cm³/mol. The molecule has 3 rings (SSSR count). The zero-order chi connectivity index (χ0) is 16.0. The van der Waals surface area contributed by atoms with Crippen LogP contribution in [0.2, 0.25) is 0 Å². The number of hydrogen-bond acceptors (Lipinski definition) is 3. The molecule has 2 fully saturated rings. The molecule has 0 aromatic heterocycles. The number of piperazine rings is 1. The Hall–Kier alpha value is -1.12. The van der Waals surface area contributed by atoms with E-state index >= 15 is 0 Å². The Morgan fingerprint density at radius 1 is 1.09 bits per heavy atom. The van der Waals surface area contributed by atoms with Crippen LogP contribution in [-0.2, 0) is 16.2 Å². The molecule has 0 saturated carbocycles. The Morgan fingerprint density at radius 3 is 2.55 bits per heavy atom. The van der Waals surface area contributed by atoms with Crippen molar-refractivity contribution in [3.8, 4) is 0 Å². The number of fused-ring (bicyclic) bond motifs is 1. The maximum absolute atomic E-state index is 13.1. The Morgan fingerprint density at radius 2 is 1.82 bits per heavy atom. The number of sulfonamides is 1. The monoisotopic (exact) mass is 334 g/mol. The molecular weight excluding hydrogens is 317 g/mol. The zero-order valence-electron chi connectivity index (χ0n) is 11.9. The second-order valence-corrected chi connectivity index (χ2v) is 7.60. The fraction of sp³-hybridized carbons (Fsp3) is 0.571. The molecule has 2 aliphatic heterocycles. The second-order valence-electron chi connectivity index (χ2n) is 5.69. The van der Waals surface area contributed by atoms with Crippen molar-refractivity contribution in [1.82, 2.24) is 9.21 Å². The molecule has 0 bridgehead atoms. The SMILES string of the molecule is O=S(=O)(c1ccccc1C(F)(F)F)N1CCN2CCC[C@@H]2C1. The Kier molecular flexibility index (Phi) is 3.94. The molecule has 1 aromatic carbocycles. The van der Waals surface area contributed by atoms with Gasteiger partial charge in [0, 0.05) is 25.7 Å². The molecule has 1 aromatic rings. The molecule has 2 aliphatic rings. The molecule has 0 amide bonds. The molecule has 2 heterocycles. The molecule has 8 heteroatoms. The quantitative estimate of drug-likeness (QED) is 0.832. The number of halogens is 3. The molecule has 0 radical (unpaired) electrons. The van der Waals surface area contributed by atoms with E-state index < -0.39 is 26.7 Å². The Bertz CT molecular complexity index is 660. The molecule has 4 nitrogen and oxygen atoms in total. The molecular formula is C14H17F3N2O2S. The molecule has 0 N–H and O–H groups in total. The van der Waals surface area contributed by atoms with E-state index in [-0.39, 0.29) is 19.1 Å². The highest BCUT2D eigenvalue weighted by molar-refractivity contribution is 7.89. The first kappa shape index (κ1) is 15.8. The van der Waals surface area contributed by atoms with Gasteiger partial charge >= 0.3 is 6.18 Å². The van der Waals surface area contributed by atoms with E-state index in [4.69, 9.17) is 0 Å². The summed E-state index contributed by atoms with van der Waals surface area (Å²) >= 11 is 0. The lowest BCUT2D eigenvalue weighted by Crippen LogP contribution is -2.52. The molecule has 0 aliphatic carbocycles. The Balaban J connectivity index is 1.94. The topological polar surface area (TPSA) is 40.6 Å². The summed E-state index contributed by atoms with van der Waals surface area (Å²) in [4.78, 5) is 1.57. The van der Waals surface area contributed by atoms with Gasteiger partial charge in [0.15, 0.2) is 0 Å².